The van der Waals surface area contributed by atoms with Crippen LogP contribution in [0, 0.1) is 0 Å². The van der Waals surface area contributed by atoms with E-state index >= 15 is 0 Å². The van der Waals surface area contributed by atoms with Crippen molar-refractivity contribution in [1.82, 2.24) is 5.32 Å². The van der Waals surface area contributed by atoms with Gasteiger partial charge in [0.25, 0.3) is 0 Å². The highest BCUT2D eigenvalue weighted by Gasteiger charge is 2.17. The second-order valence-corrected chi connectivity index (χ2v) is 4.10. The summed E-state index contributed by atoms with van der Waals surface area (Å²) in [6.07, 6.45) is 0. The highest BCUT2D eigenvalue weighted by atomic mass is 35.5. The second kappa shape index (κ2) is 7.21. The van der Waals surface area contributed by atoms with E-state index in [1.165, 1.54) is 6.92 Å². The lowest BCUT2D eigenvalue weighted by molar-refractivity contribution is -0.124. The lowest BCUT2D eigenvalue weighted by Gasteiger charge is -2.14. The molecule has 5 heteroatoms. The predicted octanol–water partition coefficient (Wildman–Crippen LogP) is 1.05. The third-order valence-corrected chi connectivity index (χ3v) is 2.63. The highest BCUT2D eigenvalue weighted by molar-refractivity contribution is 7.99. The van der Waals surface area contributed by atoms with Gasteiger partial charge in [-0.3, -0.25) is 9.59 Å². The molecule has 0 saturated heterocycles. The molecule has 0 spiro atoms. The molecule has 0 fully saturated rings. The quantitative estimate of drug-likeness (QED) is 0.685. The Kier molecular flexibility index (Phi) is 7.09. The number of carbonyl (C=O) groups excluding carboxylic acids is 2. The molecule has 0 saturated carbocycles. The van der Waals surface area contributed by atoms with Crippen molar-refractivity contribution in [2.24, 2.45) is 0 Å². The van der Waals surface area contributed by atoms with E-state index in [0.717, 1.165) is 5.75 Å². The first kappa shape index (κ1) is 12.8. The topological polar surface area (TPSA) is 46.2 Å². The fourth-order valence-corrected chi connectivity index (χ4v) is 1.72. The van der Waals surface area contributed by atoms with Crippen LogP contribution in [0.4, 0.5) is 0 Å². The number of halogens is 1. The summed E-state index contributed by atoms with van der Waals surface area (Å²) in [5.74, 6) is 1.15. The molecule has 0 aliphatic rings. The van der Waals surface area contributed by atoms with Crippen LogP contribution in [0.5, 0.6) is 0 Å². The van der Waals surface area contributed by atoms with Gasteiger partial charge in [-0.1, -0.05) is 6.92 Å². The molecule has 1 N–H and O–H groups in total. The van der Waals surface area contributed by atoms with Crippen LogP contribution in [0.3, 0.4) is 0 Å². The first-order valence-electron chi connectivity index (χ1n) is 4.05. The third kappa shape index (κ3) is 5.93. The van der Waals surface area contributed by atoms with E-state index < -0.39 is 6.04 Å². The molecular formula is C8H14ClNO2S. The van der Waals surface area contributed by atoms with Gasteiger partial charge in [-0.25, -0.2) is 0 Å². The number of hydrogen-bond acceptors (Lipinski definition) is 3. The Bertz CT molecular complexity index is 187. The van der Waals surface area contributed by atoms with E-state index in [9.17, 15) is 9.59 Å². The zero-order chi connectivity index (χ0) is 10.3. The van der Waals surface area contributed by atoms with Crippen LogP contribution in [0.15, 0.2) is 0 Å². The Hall–Kier alpha value is -0.220. The number of rotatable bonds is 6. The van der Waals surface area contributed by atoms with Crippen LogP contribution in [-0.2, 0) is 9.59 Å². The van der Waals surface area contributed by atoms with E-state index in [0.29, 0.717) is 5.75 Å². The van der Waals surface area contributed by atoms with Gasteiger partial charge >= 0.3 is 0 Å². The summed E-state index contributed by atoms with van der Waals surface area (Å²) in [5.41, 5.74) is 0. The highest BCUT2D eigenvalue weighted by Crippen LogP contribution is 2.03. The molecule has 0 aliphatic carbocycles. The van der Waals surface area contributed by atoms with Gasteiger partial charge in [-0.05, 0) is 5.75 Å². The van der Waals surface area contributed by atoms with Gasteiger partial charge in [0.1, 0.15) is 0 Å². The van der Waals surface area contributed by atoms with Crippen molar-refractivity contribution in [1.29, 1.82) is 0 Å². The Morgan fingerprint density at radius 1 is 1.54 bits per heavy atom. The van der Waals surface area contributed by atoms with Crippen molar-refractivity contribution < 1.29 is 9.59 Å². The maximum Gasteiger partial charge on any atom is 0.217 e. The van der Waals surface area contributed by atoms with Crippen molar-refractivity contribution in [2.75, 3.05) is 17.4 Å². The number of carbonyl (C=O) groups is 2. The lowest BCUT2D eigenvalue weighted by atomic mass is 10.2. The average Bonchev–Trinajstić information content (AvgIpc) is 2.10. The molecule has 13 heavy (non-hydrogen) atoms. The van der Waals surface area contributed by atoms with Gasteiger partial charge < -0.3 is 5.32 Å². The number of thioether (sulfide) groups is 1. The first-order valence-corrected chi connectivity index (χ1v) is 5.74. The van der Waals surface area contributed by atoms with Crippen LogP contribution in [0.2, 0.25) is 0 Å². The van der Waals surface area contributed by atoms with Crippen molar-refractivity contribution in [3.8, 4) is 0 Å². The van der Waals surface area contributed by atoms with Gasteiger partial charge in [0, 0.05) is 12.7 Å². The predicted molar refractivity (Wildman–Crippen MR) is 56.3 cm³/mol. The molecule has 0 bridgehead atoms. The first-order chi connectivity index (χ1) is 6.11. The molecule has 0 aromatic heterocycles. The molecule has 0 rings (SSSR count). The Morgan fingerprint density at radius 2 is 2.15 bits per heavy atom. The van der Waals surface area contributed by atoms with Crippen molar-refractivity contribution in [2.45, 2.75) is 19.9 Å². The van der Waals surface area contributed by atoms with E-state index in [2.05, 4.69) is 5.32 Å². The monoisotopic (exact) mass is 223 g/mol. The molecule has 0 aromatic carbocycles. The van der Waals surface area contributed by atoms with E-state index in [1.54, 1.807) is 11.8 Å². The van der Waals surface area contributed by atoms with Gasteiger partial charge in [0.05, 0.1) is 11.9 Å². The second-order valence-electron chi connectivity index (χ2n) is 2.51. The maximum absolute atomic E-state index is 11.2. The Morgan fingerprint density at radius 3 is 2.54 bits per heavy atom. The molecule has 0 aromatic rings. The molecule has 1 amide bonds. The molecule has 1 atom stereocenters. The van der Waals surface area contributed by atoms with E-state index in [4.69, 9.17) is 11.6 Å². The van der Waals surface area contributed by atoms with Crippen LogP contribution < -0.4 is 5.32 Å². The van der Waals surface area contributed by atoms with E-state index in [1.807, 2.05) is 6.92 Å². The number of alkyl halides is 1. The number of nitrogens with one attached hydrogen (secondary N) is 1. The minimum Gasteiger partial charge on any atom is -0.346 e. The van der Waals surface area contributed by atoms with Gasteiger partial charge in [-0.2, -0.15) is 11.8 Å². The maximum atomic E-state index is 11.2. The third-order valence-electron chi connectivity index (χ3n) is 1.39. The molecule has 3 nitrogen and oxygen atoms in total. The minimum atomic E-state index is -0.431. The fourth-order valence-electron chi connectivity index (χ4n) is 0.789. The van der Waals surface area contributed by atoms with Crippen LogP contribution in [-0.4, -0.2) is 35.1 Å². The SMILES string of the molecule is CCSC[C@H](NC(C)=O)C(=O)CCl. The molecule has 0 radical (unpaired) electrons. The van der Waals surface area contributed by atoms with Crippen molar-refractivity contribution >= 4 is 35.1 Å². The average molecular weight is 224 g/mol. The zero-order valence-electron chi connectivity index (χ0n) is 7.80. The van der Waals surface area contributed by atoms with E-state index in [-0.39, 0.29) is 17.6 Å². The summed E-state index contributed by atoms with van der Waals surface area (Å²) in [7, 11) is 0. The van der Waals surface area contributed by atoms with Gasteiger partial charge in [-0.15, -0.1) is 11.6 Å². The van der Waals surface area contributed by atoms with Gasteiger partial charge in [0.2, 0.25) is 5.91 Å². The number of Topliss-reactive ketones (excluding diaryl/α,β-unsaturated/α-hetero) is 1. The number of hydrogen-bond donors (Lipinski definition) is 1. The summed E-state index contributed by atoms with van der Waals surface area (Å²) in [6, 6.07) is -0.431. The summed E-state index contributed by atoms with van der Waals surface area (Å²) < 4.78 is 0. The van der Waals surface area contributed by atoms with Gasteiger partial charge in [0.15, 0.2) is 5.78 Å². The Balaban J connectivity index is 4.02. The molecule has 76 valence electrons. The standard InChI is InChI=1S/C8H14ClNO2S/c1-3-13-5-7(8(12)4-9)10-6(2)11/h7H,3-5H2,1-2H3,(H,10,11)/t7-/m0/s1. The fraction of sp³-hybridized carbons (Fsp3) is 0.750. The largest absolute Gasteiger partial charge is 0.346 e. The summed E-state index contributed by atoms with van der Waals surface area (Å²) in [5, 5.41) is 2.57. The summed E-state index contributed by atoms with van der Waals surface area (Å²) >= 11 is 7.01. The van der Waals surface area contributed by atoms with Crippen molar-refractivity contribution in [3.05, 3.63) is 0 Å². The normalized spacial score (nSPS) is 12.2. The minimum absolute atomic E-state index is 0.0464. The smallest absolute Gasteiger partial charge is 0.217 e. The number of ketones is 1. The number of amides is 1. The van der Waals surface area contributed by atoms with Crippen molar-refractivity contribution in [3.63, 3.8) is 0 Å². The molecule has 0 unspecified atom stereocenters. The summed E-state index contributed by atoms with van der Waals surface area (Å²) in [6.45, 7) is 3.39. The Labute approximate surface area is 87.6 Å². The zero-order valence-corrected chi connectivity index (χ0v) is 9.37. The van der Waals surface area contributed by atoms with Crippen LogP contribution in [0.1, 0.15) is 13.8 Å². The molecular weight excluding hydrogens is 210 g/mol. The van der Waals surface area contributed by atoms with Crippen LogP contribution in [0.25, 0.3) is 0 Å². The van der Waals surface area contributed by atoms with Crippen LogP contribution >= 0.6 is 23.4 Å². The molecule has 0 aliphatic heterocycles. The lowest BCUT2D eigenvalue weighted by Crippen LogP contribution is -2.42. The summed E-state index contributed by atoms with van der Waals surface area (Å²) in [4.78, 5) is 21.9. The molecule has 0 heterocycles.